The van der Waals surface area contributed by atoms with Crippen LogP contribution in [0.1, 0.15) is 65.1 Å². The van der Waals surface area contributed by atoms with E-state index in [2.05, 4.69) is 5.32 Å². The Kier molecular flexibility index (Phi) is 4.76. The third-order valence-electron chi connectivity index (χ3n) is 5.26. The number of rotatable bonds is 5. The summed E-state index contributed by atoms with van der Waals surface area (Å²) < 4.78 is 5.10. The predicted octanol–water partition coefficient (Wildman–Crippen LogP) is 3.81. The molecule has 2 aliphatic carbocycles. The van der Waals surface area contributed by atoms with Crippen molar-refractivity contribution in [2.75, 3.05) is 11.9 Å². The lowest BCUT2D eigenvalue weighted by molar-refractivity contribution is -0.121. The second kappa shape index (κ2) is 6.67. The lowest BCUT2D eigenvalue weighted by Crippen LogP contribution is -2.27. The topological polar surface area (TPSA) is 72.5 Å². The number of ketones is 1. The number of fused-ring (bicyclic) bond motifs is 2. The molecule has 3 atom stereocenters. The molecule has 3 rings (SSSR count). The molecule has 0 aliphatic heterocycles. The zero-order valence-electron chi connectivity index (χ0n) is 14.3. The largest absolute Gasteiger partial charge is 0.462 e. The molecule has 1 aromatic heterocycles. The summed E-state index contributed by atoms with van der Waals surface area (Å²) in [6.07, 6.45) is 4.44. The number of hydrogen-bond donors (Lipinski definition) is 1. The zero-order valence-corrected chi connectivity index (χ0v) is 15.1. The highest BCUT2D eigenvalue weighted by Gasteiger charge is 2.43. The van der Waals surface area contributed by atoms with Crippen molar-refractivity contribution in [1.82, 2.24) is 0 Å². The van der Waals surface area contributed by atoms with E-state index in [1.807, 2.05) is 0 Å². The summed E-state index contributed by atoms with van der Waals surface area (Å²) >= 11 is 1.17. The normalized spacial score (nSPS) is 24.9. The third-order valence-corrected chi connectivity index (χ3v) is 6.57. The van der Waals surface area contributed by atoms with Gasteiger partial charge in [0.25, 0.3) is 0 Å². The molecule has 24 heavy (non-hydrogen) atoms. The summed E-state index contributed by atoms with van der Waals surface area (Å²) in [7, 11) is 0. The van der Waals surface area contributed by atoms with Crippen LogP contribution < -0.4 is 5.32 Å². The monoisotopic (exact) mass is 349 g/mol. The molecule has 2 bridgehead atoms. The maximum Gasteiger partial charge on any atom is 0.341 e. The Morgan fingerprint density at radius 3 is 2.54 bits per heavy atom. The SMILES string of the molecule is CCOC(=O)c1c(NC(=O)[C@H]2C[C@H]3CC[C@H]2C3)sc(C(C)=O)c1C. The van der Waals surface area contributed by atoms with Crippen LogP contribution >= 0.6 is 11.3 Å². The first-order chi connectivity index (χ1) is 11.4. The number of esters is 1. The van der Waals surface area contributed by atoms with Crippen molar-refractivity contribution < 1.29 is 19.1 Å². The lowest BCUT2D eigenvalue weighted by atomic mass is 9.88. The number of hydrogen-bond acceptors (Lipinski definition) is 5. The standard InChI is InChI=1S/C18H23NO4S/c1-4-23-18(22)14-9(2)15(10(3)20)24-17(14)19-16(21)13-8-11-5-6-12(13)7-11/h11-13H,4-8H2,1-3H3,(H,19,21)/t11-,12-,13-/m0/s1. The van der Waals surface area contributed by atoms with Crippen LogP contribution in [0.4, 0.5) is 5.00 Å². The van der Waals surface area contributed by atoms with Crippen molar-refractivity contribution in [3.05, 3.63) is 16.0 Å². The van der Waals surface area contributed by atoms with Crippen molar-refractivity contribution in [3.8, 4) is 0 Å². The molecule has 1 N–H and O–H groups in total. The van der Waals surface area contributed by atoms with Gasteiger partial charge in [-0.1, -0.05) is 6.42 Å². The first-order valence-electron chi connectivity index (χ1n) is 8.54. The van der Waals surface area contributed by atoms with Gasteiger partial charge in [-0.15, -0.1) is 11.3 Å². The smallest absolute Gasteiger partial charge is 0.341 e. The van der Waals surface area contributed by atoms with Gasteiger partial charge in [0.15, 0.2) is 5.78 Å². The van der Waals surface area contributed by atoms with Crippen LogP contribution in [0.5, 0.6) is 0 Å². The van der Waals surface area contributed by atoms with E-state index in [0.717, 1.165) is 19.3 Å². The minimum atomic E-state index is -0.484. The van der Waals surface area contributed by atoms with Gasteiger partial charge in [-0.25, -0.2) is 4.79 Å². The number of nitrogens with one attached hydrogen (secondary N) is 1. The Morgan fingerprint density at radius 1 is 1.25 bits per heavy atom. The third kappa shape index (κ3) is 2.99. The summed E-state index contributed by atoms with van der Waals surface area (Å²) in [5.41, 5.74) is 0.915. The molecular formula is C18H23NO4S. The molecule has 1 amide bonds. The van der Waals surface area contributed by atoms with E-state index in [1.165, 1.54) is 24.7 Å². The second-order valence-corrected chi connectivity index (χ2v) is 7.83. The number of thiophene rings is 1. The van der Waals surface area contributed by atoms with Gasteiger partial charge in [0, 0.05) is 5.92 Å². The van der Waals surface area contributed by atoms with Crippen molar-refractivity contribution in [2.45, 2.75) is 46.5 Å². The summed E-state index contributed by atoms with van der Waals surface area (Å²) in [4.78, 5) is 37.3. The Labute approximate surface area is 145 Å². The fraction of sp³-hybridized carbons (Fsp3) is 0.611. The fourth-order valence-corrected chi connectivity index (χ4v) is 5.25. The Balaban J connectivity index is 1.86. The maximum absolute atomic E-state index is 12.7. The zero-order chi connectivity index (χ0) is 17.4. The van der Waals surface area contributed by atoms with Crippen molar-refractivity contribution in [1.29, 1.82) is 0 Å². The number of carbonyl (C=O) groups is 3. The van der Waals surface area contributed by atoms with Crippen LogP contribution in [0, 0.1) is 24.7 Å². The van der Waals surface area contributed by atoms with Gasteiger partial charge in [0.05, 0.1) is 17.0 Å². The van der Waals surface area contributed by atoms with Gasteiger partial charge in [0.1, 0.15) is 5.00 Å². The number of anilines is 1. The molecular weight excluding hydrogens is 326 g/mol. The van der Waals surface area contributed by atoms with Gasteiger partial charge in [-0.3, -0.25) is 9.59 Å². The molecule has 1 heterocycles. The molecule has 1 aromatic rings. The number of ether oxygens (including phenoxy) is 1. The first-order valence-corrected chi connectivity index (χ1v) is 9.36. The van der Waals surface area contributed by atoms with Crippen molar-refractivity contribution in [2.24, 2.45) is 17.8 Å². The van der Waals surface area contributed by atoms with Crippen LogP contribution in [0.15, 0.2) is 0 Å². The number of Topliss-reactive ketones (excluding diaryl/α,β-unsaturated/α-hetero) is 1. The quantitative estimate of drug-likeness (QED) is 0.648. The van der Waals surface area contributed by atoms with Crippen LogP contribution in [-0.2, 0) is 9.53 Å². The van der Waals surface area contributed by atoms with E-state index in [9.17, 15) is 14.4 Å². The summed E-state index contributed by atoms with van der Waals surface area (Å²) in [5, 5.41) is 3.37. The summed E-state index contributed by atoms with van der Waals surface area (Å²) in [6.45, 7) is 5.18. The van der Waals surface area contributed by atoms with Crippen molar-refractivity contribution >= 4 is 34.0 Å². The van der Waals surface area contributed by atoms with Gasteiger partial charge in [0.2, 0.25) is 5.91 Å². The maximum atomic E-state index is 12.7. The molecule has 0 radical (unpaired) electrons. The molecule has 0 saturated heterocycles. The fourth-order valence-electron chi connectivity index (χ4n) is 4.16. The van der Waals surface area contributed by atoms with Gasteiger partial charge in [-0.05, 0) is 57.4 Å². The molecule has 2 saturated carbocycles. The summed E-state index contributed by atoms with van der Waals surface area (Å²) in [6, 6.07) is 0. The molecule has 2 aliphatic rings. The van der Waals surface area contributed by atoms with Crippen LogP contribution in [0.3, 0.4) is 0 Å². The molecule has 130 valence electrons. The van der Waals surface area contributed by atoms with Gasteiger partial charge >= 0.3 is 5.97 Å². The van der Waals surface area contributed by atoms with Gasteiger partial charge in [-0.2, -0.15) is 0 Å². The molecule has 2 fully saturated rings. The van der Waals surface area contributed by atoms with Crippen LogP contribution in [-0.4, -0.2) is 24.3 Å². The number of amides is 1. The first kappa shape index (κ1) is 17.1. The van der Waals surface area contributed by atoms with Crippen LogP contribution in [0.25, 0.3) is 0 Å². The highest BCUT2D eigenvalue weighted by Crippen LogP contribution is 2.49. The lowest BCUT2D eigenvalue weighted by Gasteiger charge is -2.20. The molecule has 5 nitrogen and oxygen atoms in total. The molecule has 6 heteroatoms. The van der Waals surface area contributed by atoms with E-state index < -0.39 is 5.97 Å². The highest BCUT2D eigenvalue weighted by molar-refractivity contribution is 7.18. The molecule has 0 unspecified atom stereocenters. The van der Waals surface area contributed by atoms with Gasteiger partial charge < -0.3 is 10.1 Å². The second-order valence-electron chi connectivity index (χ2n) is 6.81. The minimum absolute atomic E-state index is 0.0240. The van der Waals surface area contributed by atoms with E-state index in [-0.39, 0.29) is 24.2 Å². The summed E-state index contributed by atoms with van der Waals surface area (Å²) in [5.74, 6) is 0.555. The van der Waals surface area contributed by atoms with E-state index in [1.54, 1.807) is 13.8 Å². The van der Waals surface area contributed by atoms with Crippen molar-refractivity contribution in [3.63, 3.8) is 0 Å². The van der Waals surface area contributed by atoms with Crippen LogP contribution in [0.2, 0.25) is 0 Å². The van der Waals surface area contributed by atoms with E-state index >= 15 is 0 Å². The molecule has 0 spiro atoms. The predicted molar refractivity (Wildman–Crippen MR) is 92.6 cm³/mol. The average molecular weight is 349 g/mol. The Bertz CT molecular complexity index is 693. The Morgan fingerprint density at radius 2 is 2.00 bits per heavy atom. The molecule has 0 aromatic carbocycles. The minimum Gasteiger partial charge on any atom is -0.462 e. The highest BCUT2D eigenvalue weighted by atomic mass is 32.1. The number of carbonyl (C=O) groups excluding carboxylic acids is 3. The van der Waals surface area contributed by atoms with E-state index in [0.29, 0.717) is 32.8 Å². The van der Waals surface area contributed by atoms with E-state index in [4.69, 9.17) is 4.74 Å². The average Bonchev–Trinajstić information content (AvgIpc) is 3.21. The Hall–Kier alpha value is -1.69.